The van der Waals surface area contributed by atoms with Gasteiger partial charge < -0.3 is 15.5 Å². The van der Waals surface area contributed by atoms with Crippen molar-refractivity contribution >= 4 is 21.4 Å². The molecule has 2 rings (SSSR count). The highest BCUT2D eigenvalue weighted by molar-refractivity contribution is 7.89. The molecule has 0 aromatic heterocycles. The Labute approximate surface area is 114 Å². The largest absolute Gasteiger partial charge is 0.397 e. The second-order valence-electron chi connectivity index (χ2n) is 5.04. The number of nitrogens with two attached hydrogens (primary N) is 2. The Balaban J connectivity index is 2.27. The van der Waals surface area contributed by atoms with Crippen LogP contribution < -0.4 is 15.8 Å². The molecule has 0 aliphatic carbocycles. The van der Waals surface area contributed by atoms with E-state index in [4.69, 9.17) is 10.9 Å². The SMILES string of the molecule is CC1CN(c2ccc(S(N)(=O)=O)cc2N)CCN1C. The molecule has 1 heterocycles. The number of primary sulfonamides is 1. The average Bonchev–Trinajstić information content (AvgIpc) is 2.31. The molecule has 1 fully saturated rings. The Bertz CT molecular complexity index is 573. The molecule has 1 aromatic rings. The summed E-state index contributed by atoms with van der Waals surface area (Å²) in [7, 11) is -1.61. The highest BCUT2D eigenvalue weighted by Gasteiger charge is 2.22. The molecule has 4 N–H and O–H groups in total. The molecule has 7 heteroatoms. The Morgan fingerprint density at radius 2 is 2.00 bits per heavy atom. The molecule has 106 valence electrons. The zero-order chi connectivity index (χ0) is 14.2. The van der Waals surface area contributed by atoms with E-state index in [9.17, 15) is 8.42 Å². The maximum Gasteiger partial charge on any atom is 0.238 e. The highest BCUT2D eigenvalue weighted by Crippen LogP contribution is 2.27. The fraction of sp³-hybridized carbons (Fsp3) is 0.500. The third-order valence-corrected chi connectivity index (χ3v) is 4.54. The van der Waals surface area contributed by atoms with E-state index in [1.54, 1.807) is 6.07 Å². The predicted octanol–water partition coefficient (Wildman–Crippen LogP) is 0.0565. The summed E-state index contributed by atoms with van der Waals surface area (Å²) >= 11 is 0. The molecule has 0 bridgehead atoms. The van der Waals surface area contributed by atoms with Gasteiger partial charge in [0.1, 0.15) is 0 Å². The summed E-state index contributed by atoms with van der Waals surface area (Å²) in [4.78, 5) is 4.51. The van der Waals surface area contributed by atoms with E-state index in [0.29, 0.717) is 11.7 Å². The number of anilines is 2. The van der Waals surface area contributed by atoms with Crippen molar-refractivity contribution in [2.24, 2.45) is 5.14 Å². The van der Waals surface area contributed by atoms with Crippen LogP contribution in [0.3, 0.4) is 0 Å². The monoisotopic (exact) mass is 284 g/mol. The summed E-state index contributed by atoms with van der Waals surface area (Å²) in [6.45, 7) is 4.85. The van der Waals surface area contributed by atoms with E-state index < -0.39 is 10.0 Å². The van der Waals surface area contributed by atoms with Gasteiger partial charge in [0, 0.05) is 25.7 Å². The van der Waals surface area contributed by atoms with Gasteiger partial charge in [-0.1, -0.05) is 0 Å². The van der Waals surface area contributed by atoms with Crippen LogP contribution in [0, 0.1) is 0 Å². The zero-order valence-electron chi connectivity index (χ0n) is 11.2. The molecule has 1 aromatic carbocycles. The molecule has 1 aliphatic heterocycles. The normalized spacial score (nSPS) is 21.6. The van der Waals surface area contributed by atoms with Crippen molar-refractivity contribution in [3.63, 3.8) is 0 Å². The summed E-state index contributed by atoms with van der Waals surface area (Å²) in [6.07, 6.45) is 0. The highest BCUT2D eigenvalue weighted by atomic mass is 32.2. The van der Waals surface area contributed by atoms with Gasteiger partial charge in [0.05, 0.1) is 16.3 Å². The number of nitrogens with zero attached hydrogens (tertiary/aromatic N) is 2. The fourth-order valence-electron chi connectivity index (χ4n) is 2.26. The molecule has 0 spiro atoms. The third kappa shape index (κ3) is 2.99. The quantitative estimate of drug-likeness (QED) is 0.749. The van der Waals surface area contributed by atoms with Gasteiger partial charge in [0.15, 0.2) is 0 Å². The van der Waals surface area contributed by atoms with E-state index in [2.05, 4.69) is 23.8 Å². The summed E-state index contributed by atoms with van der Waals surface area (Å²) in [6, 6.07) is 5.09. The number of hydrogen-bond acceptors (Lipinski definition) is 5. The maximum absolute atomic E-state index is 11.3. The van der Waals surface area contributed by atoms with E-state index in [1.165, 1.54) is 12.1 Å². The minimum atomic E-state index is -3.70. The summed E-state index contributed by atoms with van der Waals surface area (Å²) in [5, 5.41) is 5.09. The van der Waals surface area contributed by atoms with Crippen molar-refractivity contribution < 1.29 is 8.42 Å². The Hall–Kier alpha value is -1.31. The fourth-order valence-corrected chi connectivity index (χ4v) is 2.81. The van der Waals surface area contributed by atoms with Crippen LogP contribution in [0.15, 0.2) is 23.1 Å². The zero-order valence-corrected chi connectivity index (χ0v) is 12.0. The number of likely N-dealkylation sites (N-methyl/N-ethyl adjacent to an activating group) is 1. The second kappa shape index (κ2) is 4.99. The van der Waals surface area contributed by atoms with Crippen molar-refractivity contribution in [2.75, 3.05) is 37.3 Å². The number of benzene rings is 1. The van der Waals surface area contributed by atoms with Crippen molar-refractivity contribution in [1.82, 2.24) is 4.90 Å². The average molecular weight is 284 g/mol. The lowest BCUT2D eigenvalue weighted by molar-refractivity contribution is 0.234. The number of piperazine rings is 1. The van der Waals surface area contributed by atoms with Crippen LogP contribution in [-0.4, -0.2) is 46.0 Å². The van der Waals surface area contributed by atoms with Crippen molar-refractivity contribution in [3.8, 4) is 0 Å². The van der Waals surface area contributed by atoms with Crippen LogP contribution in [-0.2, 0) is 10.0 Å². The van der Waals surface area contributed by atoms with Gasteiger partial charge in [-0.2, -0.15) is 0 Å². The first kappa shape index (κ1) is 14.1. The summed E-state index contributed by atoms with van der Waals surface area (Å²) in [5.74, 6) is 0. The predicted molar refractivity (Wildman–Crippen MR) is 76.5 cm³/mol. The summed E-state index contributed by atoms with van der Waals surface area (Å²) < 4.78 is 22.5. The van der Waals surface area contributed by atoms with Crippen LogP contribution in [0.2, 0.25) is 0 Å². The number of sulfonamides is 1. The topological polar surface area (TPSA) is 92.7 Å². The number of nitrogen functional groups attached to an aromatic ring is 1. The van der Waals surface area contributed by atoms with E-state index in [-0.39, 0.29) is 4.90 Å². The lowest BCUT2D eigenvalue weighted by atomic mass is 10.1. The molecule has 0 saturated carbocycles. The molecule has 1 saturated heterocycles. The Morgan fingerprint density at radius 3 is 2.53 bits per heavy atom. The number of rotatable bonds is 2. The lowest BCUT2D eigenvalue weighted by Gasteiger charge is -2.39. The first-order chi connectivity index (χ1) is 8.79. The molecule has 1 atom stereocenters. The molecule has 6 nitrogen and oxygen atoms in total. The third-order valence-electron chi connectivity index (χ3n) is 3.63. The van der Waals surface area contributed by atoms with Crippen molar-refractivity contribution in [1.29, 1.82) is 0 Å². The molecule has 1 aliphatic rings. The minimum Gasteiger partial charge on any atom is -0.397 e. The Morgan fingerprint density at radius 1 is 1.32 bits per heavy atom. The smallest absolute Gasteiger partial charge is 0.238 e. The van der Waals surface area contributed by atoms with Crippen molar-refractivity contribution in [3.05, 3.63) is 18.2 Å². The van der Waals surface area contributed by atoms with Gasteiger partial charge in [0.25, 0.3) is 0 Å². The first-order valence-electron chi connectivity index (χ1n) is 6.16. The van der Waals surface area contributed by atoms with Gasteiger partial charge in [-0.15, -0.1) is 0 Å². The van der Waals surface area contributed by atoms with Crippen LogP contribution in [0.4, 0.5) is 11.4 Å². The molecule has 19 heavy (non-hydrogen) atoms. The maximum atomic E-state index is 11.3. The van der Waals surface area contributed by atoms with Gasteiger partial charge in [-0.05, 0) is 32.2 Å². The first-order valence-corrected chi connectivity index (χ1v) is 7.71. The van der Waals surface area contributed by atoms with Gasteiger partial charge >= 0.3 is 0 Å². The van der Waals surface area contributed by atoms with Crippen LogP contribution >= 0.6 is 0 Å². The van der Waals surface area contributed by atoms with Gasteiger partial charge in [-0.25, -0.2) is 13.6 Å². The Kier molecular flexibility index (Phi) is 3.71. The summed E-state index contributed by atoms with van der Waals surface area (Å²) in [5.41, 5.74) is 7.27. The number of hydrogen-bond donors (Lipinski definition) is 2. The molecular weight excluding hydrogens is 264 g/mol. The van der Waals surface area contributed by atoms with Crippen molar-refractivity contribution in [2.45, 2.75) is 17.9 Å². The standard InChI is InChI=1S/C12H20N4O2S/c1-9-8-16(6-5-15(9)2)12-4-3-10(7-11(12)13)19(14,17)18/h3-4,7,9H,5-6,8,13H2,1-2H3,(H2,14,17,18). The van der Waals surface area contributed by atoms with Crippen LogP contribution in [0.1, 0.15) is 6.92 Å². The molecule has 0 amide bonds. The van der Waals surface area contributed by atoms with Crippen LogP contribution in [0.5, 0.6) is 0 Å². The second-order valence-corrected chi connectivity index (χ2v) is 6.60. The van der Waals surface area contributed by atoms with Crippen LogP contribution in [0.25, 0.3) is 0 Å². The van der Waals surface area contributed by atoms with Gasteiger partial charge in [-0.3, -0.25) is 0 Å². The van der Waals surface area contributed by atoms with E-state index >= 15 is 0 Å². The van der Waals surface area contributed by atoms with E-state index in [1.807, 2.05) is 0 Å². The van der Waals surface area contributed by atoms with E-state index in [0.717, 1.165) is 25.3 Å². The lowest BCUT2D eigenvalue weighted by Crippen LogP contribution is -2.50. The molecular formula is C12H20N4O2S. The molecule has 1 unspecified atom stereocenters. The minimum absolute atomic E-state index is 0.0518. The van der Waals surface area contributed by atoms with Gasteiger partial charge in [0.2, 0.25) is 10.0 Å². The molecule has 0 radical (unpaired) electrons.